The van der Waals surface area contributed by atoms with Crippen molar-refractivity contribution in [1.29, 1.82) is 0 Å². The number of hydrogen-bond acceptors (Lipinski definition) is 3. The van der Waals surface area contributed by atoms with Gasteiger partial charge in [0.15, 0.2) is 0 Å². The lowest BCUT2D eigenvalue weighted by Crippen LogP contribution is -2.26. The Labute approximate surface area is 144 Å². The lowest BCUT2D eigenvalue weighted by atomic mass is 10.1. The van der Waals surface area contributed by atoms with Crippen LogP contribution in [0.5, 0.6) is 0 Å². The Morgan fingerprint density at radius 3 is 2.71 bits per heavy atom. The zero-order chi connectivity index (χ0) is 17.5. The van der Waals surface area contributed by atoms with Gasteiger partial charge in [0.2, 0.25) is 5.91 Å². The van der Waals surface area contributed by atoms with Gasteiger partial charge in [-0.05, 0) is 43.9 Å². The second-order valence-electron chi connectivity index (χ2n) is 6.65. The van der Waals surface area contributed by atoms with Crippen molar-refractivity contribution >= 4 is 5.91 Å². The largest absolute Gasteiger partial charge is 0.356 e. The van der Waals surface area contributed by atoms with E-state index in [9.17, 15) is 4.79 Å². The van der Waals surface area contributed by atoms with Crippen LogP contribution in [0.3, 0.4) is 0 Å². The van der Waals surface area contributed by atoms with Crippen LogP contribution in [0, 0.1) is 19.8 Å². The molecule has 5 nitrogen and oxygen atoms in total. The third-order valence-corrected chi connectivity index (χ3v) is 4.10. The first kappa shape index (κ1) is 18.2. The summed E-state index contributed by atoms with van der Waals surface area (Å²) in [6.07, 6.45) is 3.77. The average Bonchev–Trinajstić information content (AvgIpc) is 2.80. The van der Waals surface area contributed by atoms with E-state index in [4.69, 9.17) is 0 Å². The number of nitrogens with one attached hydrogen (secondary N) is 1. The molecule has 0 fully saturated rings. The van der Waals surface area contributed by atoms with E-state index in [-0.39, 0.29) is 5.91 Å². The number of hydrogen-bond donors (Lipinski definition) is 1. The molecule has 0 aliphatic carbocycles. The molecule has 0 aliphatic rings. The van der Waals surface area contributed by atoms with Crippen LogP contribution in [-0.4, -0.2) is 27.2 Å². The molecule has 0 unspecified atom stereocenters. The van der Waals surface area contributed by atoms with E-state index in [0.717, 1.165) is 30.8 Å². The fourth-order valence-corrected chi connectivity index (χ4v) is 2.82. The fraction of sp³-hybridized carbons (Fsp3) is 0.526. The number of aromatic nitrogens is 3. The molecule has 1 amide bonds. The van der Waals surface area contributed by atoms with Crippen molar-refractivity contribution in [3.63, 3.8) is 0 Å². The fourth-order valence-electron chi connectivity index (χ4n) is 2.82. The molecule has 0 saturated heterocycles. The number of rotatable bonds is 8. The van der Waals surface area contributed by atoms with Gasteiger partial charge < -0.3 is 5.32 Å². The number of pyridine rings is 1. The minimum absolute atomic E-state index is 0.0846. The van der Waals surface area contributed by atoms with Gasteiger partial charge in [-0.25, -0.2) is 0 Å². The third-order valence-electron chi connectivity index (χ3n) is 4.10. The topological polar surface area (TPSA) is 59.8 Å². The molecule has 2 aromatic heterocycles. The van der Waals surface area contributed by atoms with Crippen molar-refractivity contribution in [2.24, 2.45) is 5.92 Å². The lowest BCUT2D eigenvalue weighted by molar-refractivity contribution is -0.121. The molecule has 2 aromatic rings. The van der Waals surface area contributed by atoms with Crippen molar-refractivity contribution in [3.8, 4) is 0 Å². The highest BCUT2D eigenvalue weighted by Crippen LogP contribution is 2.16. The number of aryl methyl sites for hydroxylation is 1. The van der Waals surface area contributed by atoms with Gasteiger partial charge in [0, 0.05) is 43.5 Å². The van der Waals surface area contributed by atoms with Crippen LogP contribution in [0.25, 0.3) is 0 Å². The van der Waals surface area contributed by atoms with E-state index < -0.39 is 0 Å². The second-order valence-corrected chi connectivity index (χ2v) is 6.65. The van der Waals surface area contributed by atoms with Gasteiger partial charge in [0.25, 0.3) is 0 Å². The van der Waals surface area contributed by atoms with Crippen LogP contribution in [0.1, 0.15) is 42.9 Å². The number of nitrogens with zero attached hydrogens (tertiary/aromatic N) is 3. The van der Waals surface area contributed by atoms with Crippen molar-refractivity contribution in [1.82, 2.24) is 20.1 Å². The van der Waals surface area contributed by atoms with E-state index in [0.29, 0.717) is 18.9 Å². The summed E-state index contributed by atoms with van der Waals surface area (Å²) in [5.41, 5.74) is 4.42. The Kier molecular flexibility index (Phi) is 6.53. The van der Waals surface area contributed by atoms with Crippen LogP contribution in [0.4, 0.5) is 0 Å². The normalized spacial score (nSPS) is 11.0. The van der Waals surface area contributed by atoms with E-state index in [1.54, 1.807) is 6.20 Å². The Morgan fingerprint density at radius 1 is 1.25 bits per heavy atom. The molecule has 0 aromatic carbocycles. The first-order valence-electron chi connectivity index (χ1n) is 8.67. The predicted octanol–water partition coefficient (Wildman–Crippen LogP) is 2.84. The van der Waals surface area contributed by atoms with Gasteiger partial charge >= 0.3 is 0 Å². The molecule has 0 saturated carbocycles. The molecule has 0 spiro atoms. The van der Waals surface area contributed by atoms with Crippen molar-refractivity contribution < 1.29 is 4.79 Å². The maximum Gasteiger partial charge on any atom is 0.220 e. The van der Waals surface area contributed by atoms with Gasteiger partial charge in [0.1, 0.15) is 0 Å². The predicted molar refractivity (Wildman–Crippen MR) is 95.8 cm³/mol. The molecule has 0 radical (unpaired) electrons. The molecule has 24 heavy (non-hydrogen) atoms. The summed E-state index contributed by atoms with van der Waals surface area (Å²) < 4.78 is 2.06. The molecule has 2 heterocycles. The number of amides is 1. The number of carbonyl (C=O) groups is 1. The van der Waals surface area contributed by atoms with Gasteiger partial charge in [-0.2, -0.15) is 5.10 Å². The maximum atomic E-state index is 12.1. The first-order chi connectivity index (χ1) is 11.5. The Balaban J connectivity index is 1.80. The Bertz CT molecular complexity index is 662. The summed E-state index contributed by atoms with van der Waals surface area (Å²) in [6.45, 7) is 10.0. The molecule has 2 rings (SSSR count). The quantitative estimate of drug-likeness (QED) is 0.810. The summed E-state index contributed by atoms with van der Waals surface area (Å²) in [6, 6.07) is 5.83. The summed E-state index contributed by atoms with van der Waals surface area (Å²) >= 11 is 0. The Morgan fingerprint density at radius 2 is 2.04 bits per heavy atom. The van der Waals surface area contributed by atoms with Gasteiger partial charge in [-0.3, -0.25) is 14.5 Å². The van der Waals surface area contributed by atoms with Gasteiger partial charge in [0.05, 0.1) is 5.69 Å². The van der Waals surface area contributed by atoms with Crippen LogP contribution in [0.2, 0.25) is 0 Å². The molecule has 0 aliphatic heterocycles. The summed E-state index contributed by atoms with van der Waals surface area (Å²) in [5, 5.41) is 7.58. The molecular weight excluding hydrogens is 300 g/mol. The summed E-state index contributed by atoms with van der Waals surface area (Å²) in [5.74, 6) is 0.645. The van der Waals surface area contributed by atoms with E-state index in [1.165, 1.54) is 11.3 Å². The summed E-state index contributed by atoms with van der Waals surface area (Å²) in [7, 11) is 0. The first-order valence-corrected chi connectivity index (χ1v) is 8.67. The van der Waals surface area contributed by atoms with Gasteiger partial charge in [-0.1, -0.05) is 19.9 Å². The number of carbonyl (C=O) groups excluding carboxylic acids is 1. The van der Waals surface area contributed by atoms with Crippen molar-refractivity contribution in [2.45, 2.75) is 53.5 Å². The maximum absolute atomic E-state index is 12.1. The lowest BCUT2D eigenvalue weighted by Gasteiger charge is -2.08. The third kappa shape index (κ3) is 5.18. The zero-order valence-electron chi connectivity index (χ0n) is 15.2. The minimum Gasteiger partial charge on any atom is -0.356 e. The monoisotopic (exact) mass is 328 g/mol. The molecule has 0 bridgehead atoms. The Hall–Kier alpha value is -2.17. The highest BCUT2D eigenvalue weighted by atomic mass is 16.1. The van der Waals surface area contributed by atoms with E-state index in [2.05, 4.69) is 40.9 Å². The van der Waals surface area contributed by atoms with Crippen LogP contribution < -0.4 is 5.32 Å². The molecule has 1 N–H and O–H groups in total. The van der Waals surface area contributed by atoms with Crippen LogP contribution in [-0.2, 0) is 24.2 Å². The van der Waals surface area contributed by atoms with Gasteiger partial charge in [-0.15, -0.1) is 0 Å². The van der Waals surface area contributed by atoms with Crippen LogP contribution in [0.15, 0.2) is 24.4 Å². The van der Waals surface area contributed by atoms with Crippen molar-refractivity contribution in [2.75, 3.05) is 6.54 Å². The molecular formula is C19H28N4O. The van der Waals surface area contributed by atoms with Crippen LogP contribution >= 0.6 is 0 Å². The van der Waals surface area contributed by atoms with E-state index in [1.807, 2.05) is 25.1 Å². The smallest absolute Gasteiger partial charge is 0.220 e. The standard InChI is InChI=1S/C19H28N4O/c1-14(2)13-23-16(4)18(15(3)22-23)8-9-19(24)21-12-10-17-7-5-6-11-20-17/h5-7,11,14H,8-10,12-13H2,1-4H3,(H,21,24). The van der Waals surface area contributed by atoms with E-state index >= 15 is 0 Å². The average molecular weight is 328 g/mol. The minimum atomic E-state index is 0.0846. The van der Waals surface area contributed by atoms with Crippen molar-refractivity contribution in [3.05, 3.63) is 47.0 Å². The summed E-state index contributed by atoms with van der Waals surface area (Å²) in [4.78, 5) is 16.3. The molecule has 130 valence electrons. The second kappa shape index (κ2) is 8.62. The molecule has 0 atom stereocenters. The zero-order valence-corrected chi connectivity index (χ0v) is 15.2. The molecule has 5 heteroatoms. The highest BCUT2D eigenvalue weighted by Gasteiger charge is 2.13. The highest BCUT2D eigenvalue weighted by molar-refractivity contribution is 5.76. The SMILES string of the molecule is Cc1nn(CC(C)C)c(C)c1CCC(=O)NCCc1ccccn1.